The fourth-order valence-electron chi connectivity index (χ4n) is 5.74. The molecule has 2 aromatic heterocycles. The van der Waals surface area contributed by atoms with Crippen LogP contribution in [0, 0.1) is 11.8 Å². The molecule has 2 aliphatic rings. The van der Waals surface area contributed by atoms with E-state index < -0.39 is 27.6 Å². The second-order valence-electron chi connectivity index (χ2n) is 13.4. The molecular weight excluding hydrogens is 622 g/mol. The lowest BCUT2D eigenvalue weighted by molar-refractivity contribution is -0.160. The highest BCUT2D eigenvalue weighted by Gasteiger charge is 2.39. The van der Waals surface area contributed by atoms with Gasteiger partial charge in [0.25, 0.3) is 0 Å². The van der Waals surface area contributed by atoms with Crippen molar-refractivity contribution in [2.24, 2.45) is 16.8 Å². The van der Waals surface area contributed by atoms with E-state index in [0.29, 0.717) is 55.4 Å². The van der Waals surface area contributed by atoms with E-state index in [2.05, 4.69) is 35.5 Å². The van der Waals surface area contributed by atoms with Gasteiger partial charge in [0.1, 0.15) is 18.0 Å². The zero-order chi connectivity index (χ0) is 33.8. The number of esters is 1. The molecule has 0 spiro atoms. The van der Waals surface area contributed by atoms with Gasteiger partial charge in [-0.25, -0.2) is 23.4 Å². The highest BCUT2D eigenvalue weighted by Crippen LogP contribution is 2.28. The topological polar surface area (TPSA) is 164 Å². The summed E-state index contributed by atoms with van der Waals surface area (Å²) in [6, 6.07) is 6.90. The number of anilines is 1. The molecule has 47 heavy (non-hydrogen) atoms. The fraction of sp³-hybridized carbons (Fsp3) is 0.562. The maximum atomic E-state index is 14.0. The van der Waals surface area contributed by atoms with Crippen LogP contribution in [0.3, 0.4) is 0 Å². The molecule has 1 saturated heterocycles. The number of fused-ring (bicyclic) bond motifs is 1. The molecule has 14 nitrogen and oxygen atoms in total. The van der Waals surface area contributed by atoms with E-state index >= 15 is 0 Å². The summed E-state index contributed by atoms with van der Waals surface area (Å²) in [5, 5.41) is 6.04. The Morgan fingerprint density at radius 2 is 1.83 bits per heavy atom. The Balaban J connectivity index is 1.40. The van der Waals surface area contributed by atoms with Gasteiger partial charge < -0.3 is 19.5 Å². The van der Waals surface area contributed by atoms with Crippen LogP contribution in [-0.2, 0) is 30.9 Å². The van der Waals surface area contributed by atoms with Gasteiger partial charge in [0.2, 0.25) is 15.9 Å². The van der Waals surface area contributed by atoms with Crippen LogP contribution >= 0.6 is 0 Å². The Kier molecular flexibility index (Phi) is 10.4. The highest BCUT2D eigenvalue weighted by molar-refractivity contribution is 7.89. The molecule has 0 bridgehead atoms. The zero-order valence-electron chi connectivity index (χ0n) is 27.7. The number of piperidine rings is 1. The second kappa shape index (κ2) is 14.3. The Morgan fingerprint density at radius 3 is 2.47 bits per heavy atom. The second-order valence-corrected chi connectivity index (χ2v) is 15.2. The summed E-state index contributed by atoms with van der Waals surface area (Å²) >= 11 is 0. The number of ether oxygens (including phenoxy) is 1. The quantitative estimate of drug-likeness (QED) is 0.307. The van der Waals surface area contributed by atoms with Gasteiger partial charge in [-0.3, -0.25) is 19.9 Å². The van der Waals surface area contributed by atoms with Crippen molar-refractivity contribution in [1.82, 2.24) is 34.5 Å². The van der Waals surface area contributed by atoms with Crippen LogP contribution in [0.1, 0.15) is 53.9 Å². The molecule has 4 heterocycles. The third kappa shape index (κ3) is 8.25. The number of aromatic nitrogens is 4. The molecule has 1 fully saturated rings. The zero-order valence-corrected chi connectivity index (χ0v) is 28.5. The maximum absolute atomic E-state index is 14.0. The molecule has 1 amide bonds. The monoisotopic (exact) mass is 667 g/mol. The third-order valence-electron chi connectivity index (χ3n) is 7.98. The van der Waals surface area contributed by atoms with Gasteiger partial charge in [0.15, 0.2) is 22.9 Å². The van der Waals surface area contributed by atoms with E-state index in [0.717, 1.165) is 13.0 Å². The van der Waals surface area contributed by atoms with Crippen LogP contribution in [0.2, 0.25) is 0 Å². The first-order chi connectivity index (χ1) is 22.3. The number of carbonyl (C=O) groups excluding carboxylic acids is 2. The molecule has 0 aliphatic carbocycles. The minimum Gasteiger partial charge on any atom is -0.459 e. The van der Waals surface area contributed by atoms with E-state index in [1.165, 1.54) is 22.8 Å². The minimum absolute atomic E-state index is 0.0421. The summed E-state index contributed by atoms with van der Waals surface area (Å²) in [6.45, 7) is 11.8. The van der Waals surface area contributed by atoms with Crippen LogP contribution in [0.5, 0.6) is 0 Å². The number of sulfonamides is 1. The Bertz CT molecular complexity index is 1690. The highest BCUT2D eigenvalue weighted by atomic mass is 32.2. The number of aliphatic imine (C=N–C) groups is 1. The van der Waals surface area contributed by atoms with Crippen LogP contribution in [0.15, 0.2) is 52.9 Å². The number of amides is 1. The van der Waals surface area contributed by atoms with Gasteiger partial charge in [-0.15, -0.1) is 0 Å². The lowest BCUT2D eigenvalue weighted by atomic mass is 9.96. The number of hydrogen-bond donors (Lipinski definition) is 2. The number of imidazole rings is 1. The summed E-state index contributed by atoms with van der Waals surface area (Å²) in [6.07, 6.45) is 5.21. The van der Waals surface area contributed by atoms with Gasteiger partial charge in [-0.05, 0) is 58.1 Å². The largest absolute Gasteiger partial charge is 0.459 e. The number of benzene rings is 1. The normalized spacial score (nSPS) is 17.0. The molecule has 5 rings (SSSR count). The minimum atomic E-state index is -4.09. The Labute approximate surface area is 276 Å². The maximum Gasteiger partial charge on any atom is 0.326 e. The van der Waals surface area contributed by atoms with Gasteiger partial charge in [0.05, 0.1) is 17.8 Å². The first-order valence-electron chi connectivity index (χ1n) is 16.1. The van der Waals surface area contributed by atoms with Gasteiger partial charge in [-0.1, -0.05) is 32.0 Å². The average molecular weight is 668 g/mol. The molecular formula is C32H45N9O5S. The van der Waals surface area contributed by atoms with Crippen molar-refractivity contribution in [2.75, 3.05) is 37.6 Å². The first-order valence-corrected chi connectivity index (χ1v) is 17.6. The van der Waals surface area contributed by atoms with Crippen molar-refractivity contribution in [3.8, 4) is 0 Å². The van der Waals surface area contributed by atoms with Crippen LogP contribution in [0.4, 0.5) is 5.82 Å². The molecule has 0 radical (unpaired) electrons. The SMILES string of the molecule is CC(C)CN(C(Cn1cnc2c(N3CCC(C(=O)NC4=NCCCN4)CC3)ncnc21)C(=O)OC(C)(C)C)S(=O)(=O)c1ccccc1. The van der Waals surface area contributed by atoms with Crippen LogP contribution in [-0.4, -0.2) is 94.4 Å². The lowest BCUT2D eigenvalue weighted by Crippen LogP contribution is -2.50. The van der Waals surface area contributed by atoms with Crippen molar-refractivity contribution in [3.05, 3.63) is 43.0 Å². The number of guanidine groups is 1. The van der Waals surface area contributed by atoms with Crippen molar-refractivity contribution in [3.63, 3.8) is 0 Å². The molecule has 1 aromatic carbocycles. The molecule has 254 valence electrons. The molecule has 0 saturated carbocycles. The summed E-state index contributed by atoms with van der Waals surface area (Å²) in [4.78, 5) is 46.8. The smallest absolute Gasteiger partial charge is 0.326 e. The fourth-order valence-corrected chi connectivity index (χ4v) is 7.50. The number of nitrogens with zero attached hydrogens (tertiary/aromatic N) is 7. The van der Waals surface area contributed by atoms with Gasteiger partial charge in [-0.2, -0.15) is 4.31 Å². The van der Waals surface area contributed by atoms with E-state index in [4.69, 9.17) is 4.74 Å². The molecule has 1 atom stereocenters. The van der Waals surface area contributed by atoms with Crippen molar-refractivity contribution in [1.29, 1.82) is 0 Å². The average Bonchev–Trinajstić information content (AvgIpc) is 3.45. The number of rotatable bonds is 10. The predicted molar refractivity (Wildman–Crippen MR) is 178 cm³/mol. The number of nitrogens with one attached hydrogen (secondary N) is 2. The summed E-state index contributed by atoms with van der Waals surface area (Å²) in [5.41, 5.74) is 0.150. The summed E-state index contributed by atoms with van der Waals surface area (Å²) < 4.78 is 36.8. The Hall–Kier alpha value is -4.11. The standard InChI is InChI=1S/C32H45N9O5S/c1-22(2)18-41(47(44,45)24-10-7-6-8-11-24)25(30(43)46-32(3,4)5)19-40-21-37-26-27(35-20-36-28(26)40)39-16-12-23(13-17-39)29(42)38-31-33-14-9-15-34-31/h6-8,10-11,20-23,25H,9,12-19H2,1-5H3,(H2,33,34,38,42). The number of carbonyl (C=O) groups is 2. The van der Waals surface area contributed by atoms with E-state index in [1.54, 1.807) is 49.9 Å². The Morgan fingerprint density at radius 1 is 1.11 bits per heavy atom. The van der Waals surface area contributed by atoms with Crippen molar-refractivity contribution >= 4 is 44.8 Å². The van der Waals surface area contributed by atoms with E-state index in [-0.39, 0.29) is 35.7 Å². The van der Waals surface area contributed by atoms with Crippen molar-refractivity contribution < 1.29 is 22.7 Å². The lowest BCUT2D eigenvalue weighted by Gasteiger charge is -2.33. The molecule has 2 N–H and O–H groups in total. The van der Waals surface area contributed by atoms with E-state index in [9.17, 15) is 18.0 Å². The molecule has 1 unspecified atom stereocenters. The number of hydrogen-bond acceptors (Lipinski definition) is 11. The summed E-state index contributed by atoms with van der Waals surface area (Å²) in [7, 11) is -4.09. The molecule has 15 heteroatoms. The van der Waals surface area contributed by atoms with Crippen LogP contribution < -0.4 is 15.5 Å². The van der Waals surface area contributed by atoms with Crippen LogP contribution in [0.25, 0.3) is 11.2 Å². The third-order valence-corrected chi connectivity index (χ3v) is 9.87. The van der Waals surface area contributed by atoms with E-state index in [1.807, 2.05) is 13.8 Å². The molecule has 2 aliphatic heterocycles. The summed E-state index contributed by atoms with van der Waals surface area (Å²) in [5.74, 6) is 0.225. The molecule has 3 aromatic rings. The predicted octanol–water partition coefficient (Wildman–Crippen LogP) is 2.57. The van der Waals surface area contributed by atoms with Gasteiger partial charge in [0, 0.05) is 38.6 Å². The first kappa shape index (κ1) is 34.2. The van der Waals surface area contributed by atoms with Crippen molar-refractivity contribution in [2.45, 2.75) is 77.0 Å². The van der Waals surface area contributed by atoms with Gasteiger partial charge >= 0.3 is 5.97 Å².